The van der Waals surface area contributed by atoms with Gasteiger partial charge in [-0.25, -0.2) is 0 Å². The lowest BCUT2D eigenvalue weighted by Gasteiger charge is -2.09. The summed E-state index contributed by atoms with van der Waals surface area (Å²) in [4.78, 5) is 12.4. The Morgan fingerprint density at radius 3 is 2.52 bits per heavy atom. The highest BCUT2D eigenvalue weighted by atomic mass is 35.5. The molecule has 4 heteroatoms. The number of hydrogen-bond donors (Lipinski definition) is 1. The lowest BCUT2D eigenvalue weighted by molar-refractivity contribution is -0.112. The van der Waals surface area contributed by atoms with E-state index < -0.39 is 5.91 Å². The Morgan fingerprint density at radius 1 is 1.13 bits per heavy atom. The summed E-state index contributed by atoms with van der Waals surface area (Å²) in [6, 6.07) is 13.1. The number of amides is 1. The first-order valence-electron chi connectivity index (χ1n) is 7.17. The highest BCUT2D eigenvalue weighted by Gasteiger charge is 2.12. The zero-order chi connectivity index (χ0) is 17.0. The van der Waals surface area contributed by atoms with Gasteiger partial charge in [-0.15, -0.1) is 0 Å². The van der Waals surface area contributed by atoms with E-state index in [2.05, 4.69) is 5.32 Å². The number of halogens is 1. The first-order chi connectivity index (χ1) is 10.9. The van der Waals surface area contributed by atoms with Gasteiger partial charge >= 0.3 is 0 Å². The van der Waals surface area contributed by atoms with Gasteiger partial charge in [-0.05, 0) is 55.7 Å². The molecule has 0 aliphatic carbocycles. The molecule has 0 saturated heterocycles. The number of benzene rings is 2. The minimum Gasteiger partial charge on any atom is -0.321 e. The van der Waals surface area contributed by atoms with E-state index in [1.165, 1.54) is 0 Å². The summed E-state index contributed by atoms with van der Waals surface area (Å²) in [5.41, 5.74) is 4.48. The topological polar surface area (TPSA) is 52.9 Å². The summed E-state index contributed by atoms with van der Waals surface area (Å²) in [7, 11) is 0. The molecule has 0 radical (unpaired) electrons. The van der Waals surface area contributed by atoms with Gasteiger partial charge in [-0.1, -0.05) is 41.4 Å². The number of carbonyl (C=O) groups excluding carboxylic acids is 1. The van der Waals surface area contributed by atoms with Gasteiger partial charge in [0.15, 0.2) is 0 Å². The maximum absolute atomic E-state index is 12.4. The second kappa shape index (κ2) is 7.13. The van der Waals surface area contributed by atoms with E-state index in [1.54, 1.807) is 18.2 Å². The third-order valence-electron chi connectivity index (χ3n) is 3.55. The molecule has 0 aromatic heterocycles. The molecule has 0 atom stereocenters. The van der Waals surface area contributed by atoms with Crippen LogP contribution in [-0.4, -0.2) is 5.91 Å². The molecule has 0 fully saturated rings. The van der Waals surface area contributed by atoms with Gasteiger partial charge in [0.1, 0.15) is 11.6 Å². The van der Waals surface area contributed by atoms with Crippen LogP contribution in [0, 0.1) is 32.1 Å². The summed E-state index contributed by atoms with van der Waals surface area (Å²) >= 11 is 5.95. The Balaban J connectivity index is 2.32. The molecule has 0 aliphatic rings. The van der Waals surface area contributed by atoms with Crippen LogP contribution in [0.5, 0.6) is 0 Å². The molecular weight excluding hydrogens is 308 g/mol. The fraction of sp³-hybridized carbons (Fsp3) is 0.158. The second-order valence-electron chi connectivity index (χ2n) is 5.44. The van der Waals surface area contributed by atoms with Crippen molar-refractivity contribution in [3.8, 4) is 6.07 Å². The Kier molecular flexibility index (Phi) is 5.20. The number of aryl methyl sites for hydroxylation is 3. The third-order valence-corrected chi connectivity index (χ3v) is 3.78. The molecular formula is C19H17ClN2O. The van der Waals surface area contributed by atoms with Crippen molar-refractivity contribution < 1.29 is 4.79 Å². The summed E-state index contributed by atoms with van der Waals surface area (Å²) < 4.78 is 0. The van der Waals surface area contributed by atoms with Crippen LogP contribution in [0.3, 0.4) is 0 Å². The number of nitriles is 1. The van der Waals surface area contributed by atoms with Crippen LogP contribution >= 0.6 is 11.6 Å². The van der Waals surface area contributed by atoms with Gasteiger partial charge in [0.05, 0.1) is 0 Å². The summed E-state index contributed by atoms with van der Waals surface area (Å²) in [5, 5.41) is 12.6. The Morgan fingerprint density at radius 2 is 1.83 bits per heavy atom. The van der Waals surface area contributed by atoms with Crippen molar-refractivity contribution in [1.82, 2.24) is 0 Å². The SMILES string of the molecule is Cc1ccc(C)c(/C=C(\C#N)C(=O)Nc2cc(Cl)ccc2C)c1. The van der Waals surface area contributed by atoms with Crippen molar-refractivity contribution in [2.24, 2.45) is 0 Å². The quantitative estimate of drug-likeness (QED) is 0.650. The maximum atomic E-state index is 12.4. The molecule has 3 nitrogen and oxygen atoms in total. The van der Waals surface area contributed by atoms with Gasteiger partial charge in [-0.3, -0.25) is 4.79 Å². The van der Waals surface area contributed by atoms with E-state index in [4.69, 9.17) is 11.6 Å². The summed E-state index contributed by atoms with van der Waals surface area (Å²) in [6.45, 7) is 5.78. The monoisotopic (exact) mass is 324 g/mol. The molecule has 2 aromatic rings. The predicted octanol–water partition coefficient (Wildman–Crippen LogP) is 4.81. The van der Waals surface area contributed by atoms with Crippen LogP contribution in [0.4, 0.5) is 5.69 Å². The van der Waals surface area contributed by atoms with Crippen LogP contribution in [0.25, 0.3) is 6.08 Å². The second-order valence-corrected chi connectivity index (χ2v) is 5.88. The third kappa shape index (κ3) is 4.21. The largest absolute Gasteiger partial charge is 0.321 e. The number of nitrogens with one attached hydrogen (secondary N) is 1. The molecule has 2 rings (SSSR count). The Hall–Kier alpha value is -2.57. The van der Waals surface area contributed by atoms with E-state index in [0.717, 1.165) is 22.3 Å². The van der Waals surface area contributed by atoms with Crippen LogP contribution in [0.2, 0.25) is 5.02 Å². The molecule has 0 heterocycles. The van der Waals surface area contributed by atoms with Crippen molar-refractivity contribution in [3.05, 3.63) is 69.2 Å². The molecule has 2 aromatic carbocycles. The molecule has 1 amide bonds. The van der Waals surface area contributed by atoms with Crippen LogP contribution in [-0.2, 0) is 4.79 Å². The minimum absolute atomic E-state index is 0.0538. The van der Waals surface area contributed by atoms with Crippen molar-refractivity contribution in [2.75, 3.05) is 5.32 Å². The van der Waals surface area contributed by atoms with Crippen LogP contribution in [0.1, 0.15) is 22.3 Å². The van der Waals surface area contributed by atoms with Gasteiger partial charge < -0.3 is 5.32 Å². The molecule has 0 saturated carbocycles. The molecule has 116 valence electrons. The highest BCUT2D eigenvalue weighted by Crippen LogP contribution is 2.21. The first-order valence-corrected chi connectivity index (χ1v) is 7.55. The Bertz CT molecular complexity index is 832. The summed E-state index contributed by atoms with van der Waals surface area (Å²) in [6.07, 6.45) is 1.61. The van der Waals surface area contributed by atoms with Crippen molar-refractivity contribution in [2.45, 2.75) is 20.8 Å². The zero-order valence-corrected chi connectivity index (χ0v) is 14.0. The smallest absolute Gasteiger partial charge is 0.266 e. The van der Waals surface area contributed by atoms with Gasteiger partial charge in [0.25, 0.3) is 5.91 Å². The van der Waals surface area contributed by atoms with E-state index in [0.29, 0.717) is 10.7 Å². The number of anilines is 1. The van der Waals surface area contributed by atoms with Crippen molar-refractivity contribution >= 4 is 29.3 Å². The number of hydrogen-bond acceptors (Lipinski definition) is 2. The van der Waals surface area contributed by atoms with Crippen molar-refractivity contribution in [3.63, 3.8) is 0 Å². The highest BCUT2D eigenvalue weighted by molar-refractivity contribution is 6.31. The molecule has 23 heavy (non-hydrogen) atoms. The minimum atomic E-state index is -0.446. The lowest BCUT2D eigenvalue weighted by atomic mass is 10.0. The molecule has 0 spiro atoms. The Labute approximate surface area is 141 Å². The predicted molar refractivity (Wildman–Crippen MR) is 94.3 cm³/mol. The lowest BCUT2D eigenvalue weighted by Crippen LogP contribution is -2.14. The average Bonchev–Trinajstić information content (AvgIpc) is 2.51. The van der Waals surface area contributed by atoms with Crippen LogP contribution < -0.4 is 5.32 Å². The van der Waals surface area contributed by atoms with Gasteiger partial charge in [0, 0.05) is 10.7 Å². The molecule has 0 aliphatic heterocycles. The van der Waals surface area contributed by atoms with E-state index in [-0.39, 0.29) is 5.57 Å². The molecule has 0 bridgehead atoms. The van der Waals surface area contributed by atoms with Crippen molar-refractivity contribution in [1.29, 1.82) is 5.26 Å². The zero-order valence-electron chi connectivity index (χ0n) is 13.3. The van der Waals surface area contributed by atoms with E-state index >= 15 is 0 Å². The summed E-state index contributed by atoms with van der Waals surface area (Å²) in [5.74, 6) is -0.446. The molecule has 1 N–H and O–H groups in total. The number of carbonyl (C=O) groups is 1. The van der Waals surface area contributed by atoms with Crippen LogP contribution in [0.15, 0.2) is 42.0 Å². The fourth-order valence-corrected chi connectivity index (χ4v) is 2.31. The number of nitrogens with zero attached hydrogens (tertiary/aromatic N) is 1. The average molecular weight is 325 g/mol. The van der Waals surface area contributed by atoms with Gasteiger partial charge in [0.2, 0.25) is 0 Å². The van der Waals surface area contributed by atoms with Gasteiger partial charge in [-0.2, -0.15) is 5.26 Å². The van der Waals surface area contributed by atoms with E-state index in [9.17, 15) is 10.1 Å². The number of rotatable bonds is 3. The normalized spacial score (nSPS) is 11.0. The fourth-order valence-electron chi connectivity index (χ4n) is 2.14. The van der Waals surface area contributed by atoms with E-state index in [1.807, 2.05) is 51.1 Å². The first kappa shape index (κ1) is 16.8. The molecule has 0 unspecified atom stereocenters. The standard InChI is InChI=1S/C19H17ClN2O/c1-12-4-5-13(2)15(8-12)9-16(11-21)19(23)22-18-10-17(20)7-6-14(18)3/h4-10H,1-3H3,(H,22,23)/b16-9+. The maximum Gasteiger partial charge on any atom is 0.266 e.